The van der Waals surface area contributed by atoms with Crippen molar-refractivity contribution in [2.45, 2.75) is 87.5 Å². The number of fused-ring (bicyclic) bond motifs is 4. The van der Waals surface area contributed by atoms with Crippen LogP contribution >= 0.6 is 22.6 Å². The van der Waals surface area contributed by atoms with Gasteiger partial charge in [0, 0.05) is 97.3 Å². The van der Waals surface area contributed by atoms with Crippen LogP contribution in [0.2, 0.25) is 51.4 Å². The highest BCUT2D eigenvalue weighted by atomic mass is 127. The van der Waals surface area contributed by atoms with E-state index >= 15 is 0 Å². The topological polar surface area (TPSA) is 370 Å². The zero-order chi connectivity index (χ0) is 73.6. The molecule has 0 unspecified atom stereocenters. The van der Waals surface area contributed by atoms with Crippen molar-refractivity contribution in [1.29, 1.82) is 0 Å². The van der Waals surface area contributed by atoms with E-state index in [-0.39, 0.29) is 185 Å². The van der Waals surface area contributed by atoms with Gasteiger partial charge in [-0.15, -0.1) is 0 Å². The third kappa shape index (κ3) is 23.4. The number of methoxy groups -OCH3 is 8. The van der Waals surface area contributed by atoms with E-state index in [0.29, 0.717) is 38.5 Å². The number of halogens is 1. The van der Waals surface area contributed by atoms with Crippen LogP contribution in [0.5, 0.6) is 46.0 Å². The van der Waals surface area contributed by atoms with Gasteiger partial charge in [-0.25, -0.2) is 19.6 Å². The fourth-order valence-corrected chi connectivity index (χ4v) is 10.8. The van der Waals surface area contributed by atoms with Crippen LogP contribution in [0.1, 0.15) is 54.4 Å². The second-order valence-corrected chi connectivity index (χ2v) is 36.1. The number of pyridine rings is 2. The van der Waals surface area contributed by atoms with Crippen LogP contribution in [0.3, 0.4) is 0 Å². The van der Waals surface area contributed by atoms with Crippen molar-refractivity contribution in [2.24, 2.45) is 0 Å². The number of esters is 2. The molecule has 0 fully saturated rings. The minimum Gasteiger partial charge on any atom is -0.464 e. The molecule has 0 spiro atoms. The summed E-state index contributed by atoms with van der Waals surface area (Å²) in [6.07, 6.45) is 4.95. The van der Waals surface area contributed by atoms with Gasteiger partial charge in [-0.1, -0.05) is 61.6 Å². The molecule has 0 aliphatic rings. The Balaban J connectivity index is 0.000000431. The molecule has 0 saturated heterocycles. The standard InChI is InChI=1S/C32H40N2O13Si.C19H27BO10Si.C13H15IN2O5.3CH4/c1-19-26(31(36)34-13-24(46-17-40-4)21(44-15-38-2)12-25(34)33-19)20-14-43-22-11-23(45-16-39-3)30(47-18-41-5)28(27(22)29(20)35)32(37)42-9-10-48(6,7)8;1-25-10-29-14-8-13-15(17(21)12(9-28-13)20(23)24)16(18(14)30-11-26-2)19(22)27-6-7-31(3,4)5;1-8-12(14)13(17)16-5-10(21-7-19-3)9(20-6-18-2)4-11(16)15-8;;;/h11-14H,9-10,15-18H2,1-8H3;8-9,23-24H,6-7,10-11H2,1-5H3;4-5H,6-7H2,1-3H3;3*1H4. The Morgan fingerprint density at radius 1 is 0.485 bits per heavy atom. The Bertz CT molecular complexity index is 4380. The molecule has 2 aromatic carbocycles. The van der Waals surface area contributed by atoms with E-state index in [0.717, 1.165) is 12.5 Å². The number of carbonyl (C=O) groups is 2. The lowest BCUT2D eigenvalue weighted by Gasteiger charge is -2.19. The van der Waals surface area contributed by atoms with Crippen molar-refractivity contribution in [3.8, 4) is 57.1 Å². The Hall–Kier alpha value is -8.25. The van der Waals surface area contributed by atoms with Crippen LogP contribution in [0, 0.1) is 17.4 Å². The number of aromatic nitrogens is 4. The molecule has 0 saturated carbocycles. The van der Waals surface area contributed by atoms with E-state index in [1.165, 1.54) is 96.3 Å². The lowest BCUT2D eigenvalue weighted by Crippen LogP contribution is -2.41. The summed E-state index contributed by atoms with van der Waals surface area (Å²) in [5.41, 5.74) is -1.90. The van der Waals surface area contributed by atoms with E-state index < -0.39 is 57.1 Å². The fourth-order valence-electron chi connectivity index (χ4n) is 9.01. The molecule has 8 aromatic rings. The van der Waals surface area contributed by atoms with Gasteiger partial charge >= 0.3 is 19.1 Å². The first-order chi connectivity index (χ1) is 47.6. The first kappa shape index (κ1) is 89.0. The van der Waals surface area contributed by atoms with Gasteiger partial charge in [0.1, 0.15) is 43.4 Å². The minimum absolute atomic E-state index is 0. The summed E-state index contributed by atoms with van der Waals surface area (Å²) >= 11 is 1.98. The van der Waals surface area contributed by atoms with Gasteiger partial charge in [-0.05, 0) is 48.5 Å². The molecule has 0 amide bonds. The third-order valence-electron chi connectivity index (χ3n) is 13.8. The van der Waals surface area contributed by atoms with Gasteiger partial charge in [-0.2, -0.15) is 0 Å². The molecule has 6 aromatic heterocycles. The Labute approximate surface area is 611 Å². The van der Waals surface area contributed by atoms with E-state index in [1.54, 1.807) is 19.9 Å². The first-order valence-corrected chi connectivity index (χ1v) is 38.8. The van der Waals surface area contributed by atoms with Crippen molar-refractivity contribution in [2.75, 3.05) is 124 Å². The third-order valence-corrected chi connectivity index (χ3v) is 18.5. The number of benzene rings is 2. The van der Waals surface area contributed by atoms with Crippen molar-refractivity contribution >= 4 is 96.5 Å². The maximum Gasteiger partial charge on any atom is 0.495 e. The van der Waals surface area contributed by atoms with Crippen molar-refractivity contribution in [1.82, 2.24) is 18.8 Å². The average Bonchev–Trinajstić information content (AvgIpc) is 0.742. The maximum absolute atomic E-state index is 14.4. The molecule has 103 heavy (non-hydrogen) atoms. The maximum atomic E-state index is 14.4. The number of ether oxygens (including phenoxy) is 18. The summed E-state index contributed by atoms with van der Waals surface area (Å²) in [6.45, 7) is 15.4. The molecular formula is C67H94BIN4O28Si2. The van der Waals surface area contributed by atoms with Crippen LogP contribution in [-0.4, -0.2) is 188 Å². The van der Waals surface area contributed by atoms with Crippen LogP contribution < -0.4 is 65.3 Å². The lowest BCUT2D eigenvalue weighted by atomic mass is 9.80. The lowest BCUT2D eigenvalue weighted by molar-refractivity contribution is 0.0297. The van der Waals surface area contributed by atoms with Crippen molar-refractivity contribution in [3.05, 3.63) is 116 Å². The van der Waals surface area contributed by atoms with E-state index in [4.69, 9.17) is 94.1 Å². The molecule has 0 bridgehead atoms. The summed E-state index contributed by atoms with van der Waals surface area (Å²) in [7, 11) is 6.39. The Morgan fingerprint density at radius 3 is 1.22 bits per heavy atom. The molecule has 6 heterocycles. The van der Waals surface area contributed by atoms with Gasteiger partial charge in [0.2, 0.25) is 5.43 Å². The normalized spacial score (nSPS) is 11.1. The minimum atomic E-state index is -2.09. The number of hydrogen-bond donors (Lipinski definition) is 2. The second-order valence-electron chi connectivity index (χ2n) is 23.7. The zero-order valence-corrected chi connectivity index (χ0v) is 62.5. The van der Waals surface area contributed by atoms with Crippen molar-refractivity contribution < 1.29 is 114 Å². The average molecular weight is 1600 g/mol. The smallest absolute Gasteiger partial charge is 0.464 e. The molecule has 36 heteroatoms. The molecule has 0 radical (unpaired) electrons. The van der Waals surface area contributed by atoms with Gasteiger partial charge in [0.05, 0.1) is 70.6 Å². The van der Waals surface area contributed by atoms with Crippen LogP contribution in [0.25, 0.3) is 44.4 Å². The van der Waals surface area contributed by atoms with Gasteiger partial charge in [0.25, 0.3) is 11.1 Å². The van der Waals surface area contributed by atoms with E-state index in [1.807, 2.05) is 22.6 Å². The number of aryl methyl sites for hydroxylation is 2. The molecule has 32 nitrogen and oxygen atoms in total. The number of hydrogen-bond acceptors (Lipinski definition) is 30. The highest BCUT2D eigenvalue weighted by Gasteiger charge is 2.32. The monoisotopic (exact) mass is 1600 g/mol. The zero-order valence-electron chi connectivity index (χ0n) is 58.4. The molecule has 0 aliphatic carbocycles. The summed E-state index contributed by atoms with van der Waals surface area (Å²) in [5, 5.41) is 18.6. The van der Waals surface area contributed by atoms with Gasteiger partial charge < -0.3 is 104 Å². The number of nitrogens with zero attached hydrogens (tertiary/aromatic N) is 4. The van der Waals surface area contributed by atoms with Gasteiger partial charge in [0.15, 0.2) is 106 Å². The summed E-state index contributed by atoms with van der Waals surface area (Å²) in [4.78, 5) is 89.4. The van der Waals surface area contributed by atoms with Crippen LogP contribution in [-0.2, 0) is 47.4 Å². The van der Waals surface area contributed by atoms with Gasteiger partial charge in [-0.3, -0.25) is 28.0 Å². The Kier molecular flexibility index (Phi) is 36.2. The summed E-state index contributed by atoms with van der Waals surface area (Å²) < 4.78 is 110. The fraction of sp³-hybridized carbons (Fsp3) is 0.463. The number of rotatable bonds is 34. The highest BCUT2D eigenvalue weighted by Crippen LogP contribution is 2.40. The first-order valence-electron chi connectivity index (χ1n) is 30.3. The summed E-state index contributed by atoms with van der Waals surface area (Å²) in [6, 6.07) is 7.25. The predicted octanol–water partition coefficient (Wildman–Crippen LogP) is 8.62. The SMILES string of the molecule is C.C.C.COCOc1cc2nc(C)c(-c3coc4cc(OCOC)c(OCOC)c(C(=O)OCC[Si](C)(C)C)c4c3=O)c(=O)n2cc1OCOC.COCOc1cc2nc(C)c(I)c(=O)n2cc1OCOC.COCOc1cc2occ(B(O)O)c(=O)c2c(C(=O)OCC[Si](C)(C)C)c1OCOC. The molecular weight excluding hydrogens is 1500 g/mol. The van der Waals surface area contributed by atoms with Crippen molar-refractivity contribution in [3.63, 3.8) is 0 Å². The number of carbonyl (C=O) groups excluding carboxylic acids is 2. The Morgan fingerprint density at radius 2 is 0.835 bits per heavy atom. The molecule has 8 rings (SSSR count). The largest absolute Gasteiger partial charge is 0.495 e. The second kappa shape index (κ2) is 41.9. The molecule has 0 atom stereocenters. The predicted molar refractivity (Wildman–Crippen MR) is 396 cm³/mol. The summed E-state index contributed by atoms with van der Waals surface area (Å²) in [5.74, 6) is -0.565. The molecule has 0 aliphatic heterocycles. The van der Waals surface area contributed by atoms with E-state index in [9.17, 15) is 38.8 Å². The highest BCUT2D eigenvalue weighted by molar-refractivity contribution is 14.1. The molecule has 568 valence electrons. The van der Waals surface area contributed by atoms with Crippen LogP contribution in [0.4, 0.5) is 0 Å². The van der Waals surface area contributed by atoms with Crippen LogP contribution in [0.15, 0.2) is 77.2 Å². The molecule has 2 N–H and O–H groups in total. The van der Waals surface area contributed by atoms with E-state index in [2.05, 4.69) is 49.3 Å². The quantitative estimate of drug-likeness (QED) is 0.0165.